The molecule has 3 N–H and O–H groups in total. The van der Waals surface area contributed by atoms with Crippen LogP contribution in [0.5, 0.6) is 0 Å². The van der Waals surface area contributed by atoms with Crippen LogP contribution in [0.25, 0.3) is 44.3 Å². The number of H-pyrrole nitrogens is 3. The molecular weight excluding hydrogens is 408 g/mol. The Kier molecular flexibility index (Phi) is 4.64. The summed E-state index contributed by atoms with van der Waals surface area (Å²) in [7, 11) is 0. The maximum absolute atomic E-state index is 13.3. The van der Waals surface area contributed by atoms with E-state index in [1.165, 1.54) is 44.5 Å². The van der Waals surface area contributed by atoms with Gasteiger partial charge in [-0.3, -0.25) is 4.79 Å². The molecular formula is C28H30N4O. The van der Waals surface area contributed by atoms with Crippen molar-refractivity contribution >= 4 is 21.8 Å². The normalized spacial score (nSPS) is 11.8. The van der Waals surface area contributed by atoms with E-state index in [4.69, 9.17) is 0 Å². The number of aromatic amines is 3. The molecule has 0 bridgehead atoms. The quantitative estimate of drug-likeness (QED) is 0.293. The van der Waals surface area contributed by atoms with Gasteiger partial charge in [0, 0.05) is 45.3 Å². The molecule has 0 aliphatic rings. The highest BCUT2D eigenvalue weighted by molar-refractivity contribution is 6.01. The van der Waals surface area contributed by atoms with Crippen molar-refractivity contribution in [3.63, 3.8) is 0 Å². The lowest BCUT2D eigenvalue weighted by Gasteiger charge is -2.13. The highest BCUT2D eigenvalue weighted by atomic mass is 16.1. The Labute approximate surface area is 193 Å². The second-order valence-corrected chi connectivity index (χ2v) is 9.38. The monoisotopic (exact) mass is 438 g/mol. The first kappa shape index (κ1) is 21.3. The SMILES string of the molecule is Cc1c(C)c(C)c2c(-c3cnc(-c4c[nH]c5c(C)c(C)c(C)c(C)c45)c(=O)[nH]3)c[nH]c2c1C. The number of nitrogens with one attached hydrogen (secondary N) is 3. The number of aryl methyl sites for hydroxylation is 4. The summed E-state index contributed by atoms with van der Waals surface area (Å²) in [4.78, 5) is 27.9. The Bertz CT molecular complexity index is 1660. The van der Waals surface area contributed by atoms with Crippen LogP contribution in [0.15, 0.2) is 23.4 Å². The van der Waals surface area contributed by atoms with Crippen molar-refractivity contribution in [1.82, 2.24) is 19.9 Å². The van der Waals surface area contributed by atoms with Gasteiger partial charge in [-0.25, -0.2) is 4.98 Å². The van der Waals surface area contributed by atoms with Gasteiger partial charge in [-0.15, -0.1) is 0 Å². The second kappa shape index (κ2) is 7.20. The number of rotatable bonds is 2. The molecule has 0 aliphatic heterocycles. The van der Waals surface area contributed by atoms with Crippen LogP contribution in [0.4, 0.5) is 0 Å². The van der Waals surface area contributed by atoms with Crippen molar-refractivity contribution in [3.8, 4) is 22.5 Å². The summed E-state index contributed by atoms with van der Waals surface area (Å²) in [5.41, 5.74) is 15.0. The minimum absolute atomic E-state index is 0.184. The van der Waals surface area contributed by atoms with Crippen molar-refractivity contribution in [2.45, 2.75) is 55.4 Å². The van der Waals surface area contributed by atoms with Crippen LogP contribution < -0.4 is 5.56 Å². The molecule has 0 unspecified atom stereocenters. The van der Waals surface area contributed by atoms with Gasteiger partial charge < -0.3 is 15.0 Å². The number of benzene rings is 2. The fourth-order valence-electron chi connectivity index (χ4n) is 5.22. The third-order valence-electron chi connectivity index (χ3n) is 7.97. The van der Waals surface area contributed by atoms with E-state index < -0.39 is 0 Å². The predicted molar refractivity (Wildman–Crippen MR) is 137 cm³/mol. The Morgan fingerprint density at radius 2 is 1.06 bits per heavy atom. The molecule has 3 heterocycles. The summed E-state index contributed by atoms with van der Waals surface area (Å²) < 4.78 is 0. The molecule has 0 saturated heterocycles. The van der Waals surface area contributed by atoms with E-state index in [-0.39, 0.29) is 5.56 Å². The Hall–Kier alpha value is -3.60. The lowest BCUT2D eigenvalue weighted by Crippen LogP contribution is -2.12. The zero-order valence-electron chi connectivity index (χ0n) is 20.6. The Morgan fingerprint density at radius 1 is 0.606 bits per heavy atom. The van der Waals surface area contributed by atoms with Gasteiger partial charge in [-0.2, -0.15) is 0 Å². The summed E-state index contributed by atoms with van der Waals surface area (Å²) in [6, 6.07) is 0. The van der Waals surface area contributed by atoms with Gasteiger partial charge in [0.1, 0.15) is 5.69 Å². The largest absolute Gasteiger partial charge is 0.360 e. The second-order valence-electron chi connectivity index (χ2n) is 9.38. The van der Waals surface area contributed by atoms with E-state index in [1.807, 2.05) is 12.4 Å². The van der Waals surface area contributed by atoms with Gasteiger partial charge in [0.15, 0.2) is 0 Å². The number of fused-ring (bicyclic) bond motifs is 2. The molecule has 0 aliphatic carbocycles. The molecule has 0 saturated carbocycles. The molecule has 5 heteroatoms. The first-order chi connectivity index (χ1) is 15.6. The first-order valence-corrected chi connectivity index (χ1v) is 11.4. The van der Waals surface area contributed by atoms with Crippen LogP contribution in [-0.2, 0) is 0 Å². The van der Waals surface area contributed by atoms with Crippen LogP contribution in [0.1, 0.15) is 44.5 Å². The molecule has 3 aromatic heterocycles. The lowest BCUT2D eigenvalue weighted by molar-refractivity contribution is 1.15. The van der Waals surface area contributed by atoms with Crippen LogP contribution in [-0.4, -0.2) is 19.9 Å². The van der Waals surface area contributed by atoms with Crippen LogP contribution >= 0.6 is 0 Å². The van der Waals surface area contributed by atoms with Gasteiger partial charge in [0.05, 0.1) is 11.9 Å². The standard InChI is InChI=1S/C28H30N4O/c1-12-14(3)18(7)25-23(16(12)5)20(9-29-25)22-11-31-27(28(33)32-22)21-10-30-26-19(8)15(4)13(2)17(6)24(21)26/h9-11,29-30H,1-8H3,(H,32,33). The average molecular weight is 439 g/mol. The molecule has 5 rings (SSSR count). The summed E-state index contributed by atoms with van der Waals surface area (Å²) >= 11 is 0. The van der Waals surface area contributed by atoms with Gasteiger partial charge in [0.25, 0.3) is 5.56 Å². The molecule has 0 radical (unpaired) electrons. The van der Waals surface area contributed by atoms with Crippen molar-refractivity contribution in [2.24, 2.45) is 0 Å². The summed E-state index contributed by atoms with van der Waals surface area (Å²) in [6.07, 6.45) is 5.67. The maximum Gasteiger partial charge on any atom is 0.275 e. The highest BCUT2D eigenvalue weighted by Crippen LogP contribution is 2.37. The van der Waals surface area contributed by atoms with Crippen LogP contribution in [0, 0.1) is 55.4 Å². The zero-order valence-corrected chi connectivity index (χ0v) is 20.6. The number of nitrogens with zero attached hydrogens (tertiary/aromatic N) is 1. The summed E-state index contributed by atoms with van der Waals surface area (Å²) in [5, 5.41) is 2.22. The van der Waals surface area contributed by atoms with E-state index in [9.17, 15) is 4.79 Å². The van der Waals surface area contributed by atoms with Crippen molar-refractivity contribution in [3.05, 3.63) is 73.5 Å². The number of hydrogen-bond acceptors (Lipinski definition) is 2. The van der Waals surface area contributed by atoms with Crippen molar-refractivity contribution in [1.29, 1.82) is 0 Å². The van der Waals surface area contributed by atoms with E-state index >= 15 is 0 Å². The van der Waals surface area contributed by atoms with Gasteiger partial charge in [-0.05, 0) is 99.9 Å². The van der Waals surface area contributed by atoms with Crippen LogP contribution in [0.3, 0.4) is 0 Å². The zero-order chi connectivity index (χ0) is 23.8. The maximum atomic E-state index is 13.3. The van der Waals surface area contributed by atoms with E-state index in [1.54, 1.807) is 6.20 Å². The molecule has 0 amide bonds. The molecule has 2 aromatic carbocycles. The summed E-state index contributed by atoms with van der Waals surface area (Å²) in [5.74, 6) is 0. The predicted octanol–water partition coefficient (Wildman–Crippen LogP) is 6.53. The van der Waals surface area contributed by atoms with Gasteiger partial charge in [-0.1, -0.05) is 0 Å². The molecule has 5 aromatic rings. The molecule has 168 valence electrons. The van der Waals surface area contributed by atoms with E-state index in [0.29, 0.717) is 5.69 Å². The fourth-order valence-corrected chi connectivity index (χ4v) is 5.22. The smallest absolute Gasteiger partial charge is 0.275 e. The third kappa shape index (κ3) is 2.85. The molecule has 33 heavy (non-hydrogen) atoms. The lowest BCUT2D eigenvalue weighted by atomic mass is 9.93. The minimum atomic E-state index is -0.184. The highest BCUT2D eigenvalue weighted by Gasteiger charge is 2.20. The Morgan fingerprint density at radius 3 is 1.58 bits per heavy atom. The average Bonchev–Trinajstić information content (AvgIpc) is 3.44. The van der Waals surface area contributed by atoms with E-state index in [2.05, 4.69) is 75.3 Å². The van der Waals surface area contributed by atoms with Gasteiger partial charge in [0.2, 0.25) is 0 Å². The van der Waals surface area contributed by atoms with E-state index in [0.717, 1.165) is 38.6 Å². The summed E-state index contributed by atoms with van der Waals surface area (Å²) in [6.45, 7) is 17.1. The van der Waals surface area contributed by atoms with Crippen molar-refractivity contribution < 1.29 is 0 Å². The third-order valence-corrected chi connectivity index (χ3v) is 7.97. The minimum Gasteiger partial charge on any atom is -0.360 e. The first-order valence-electron chi connectivity index (χ1n) is 11.4. The number of aromatic nitrogens is 4. The molecule has 0 fully saturated rings. The van der Waals surface area contributed by atoms with Crippen molar-refractivity contribution in [2.75, 3.05) is 0 Å². The number of hydrogen-bond donors (Lipinski definition) is 3. The molecule has 5 nitrogen and oxygen atoms in total. The molecule has 0 atom stereocenters. The Balaban J connectivity index is 1.72. The van der Waals surface area contributed by atoms with Gasteiger partial charge >= 0.3 is 0 Å². The van der Waals surface area contributed by atoms with Crippen LogP contribution in [0.2, 0.25) is 0 Å². The topological polar surface area (TPSA) is 77.3 Å². The fraction of sp³-hybridized carbons (Fsp3) is 0.286. The molecule has 0 spiro atoms.